The van der Waals surface area contributed by atoms with Crippen LogP contribution in [0.3, 0.4) is 0 Å². The van der Waals surface area contributed by atoms with E-state index < -0.39 is 71.9 Å². The van der Waals surface area contributed by atoms with Crippen molar-refractivity contribution in [2.75, 3.05) is 27.4 Å². The van der Waals surface area contributed by atoms with E-state index >= 15 is 18.0 Å². The second-order valence-electron chi connectivity index (χ2n) is 21.1. The SMILES string of the molecule is COc1ccc(Cn2c3c(n(/C=C\S(=O)(=O)c4ccc(C)cc4)c2=O)C2C(C(=O)N(S(=O)(=O)c4ccc(C)cc4)[C@@H]2CO[Si](C(C)C)(C(C)C)C(C)C)[C@H](CO[Si](C)(C)C(C)(C)C)C3)cc1OC. The van der Waals surface area contributed by atoms with Crippen LogP contribution >= 0.6 is 0 Å². The second kappa shape index (κ2) is 19.9. The molecule has 2 aliphatic rings. The number of nitrogens with zero attached hydrogens (tertiary/aromatic N) is 3. The van der Waals surface area contributed by atoms with Crippen LogP contribution in [0.4, 0.5) is 0 Å². The fourth-order valence-corrected chi connectivity index (χ4v) is 19.5. The summed E-state index contributed by atoms with van der Waals surface area (Å²) in [7, 11) is -10.8. The van der Waals surface area contributed by atoms with Crippen LogP contribution in [0.5, 0.6) is 11.5 Å². The molecule has 1 amide bonds. The minimum atomic E-state index is -4.53. The van der Waals surface area contributed by atoms with E-state index in [1.165, 1.54) is 42.1 Å². The Morgan fingerprint density at radius 2 is 1.28 bits per heavy atom. The minimum Gasteiger partial charge on any atom is -0.493 e. The Morgan fingerprint density at radius 1 is 0.735 bits per heavy atom. The fraction of sp³-hybridized carbons (Fsp3) is 0.529. The quantitative estimate of drug-likeness (QED) is 0.0881. The molecule has 1 aliphatic carbocycles. The molecule has 3 aromatic carbocycles. The first-order chi connectivity index (χ1) is 31.6. The highest BCUT2D eigenvalue weighted by atomic mass is 32.2. The van der Waals surface area contributed by atoms with Crippen LogP contribution in [0, 0.1) is 25.7 Å². The molecule has 17 heteroatoms. The molecular formula is C51H73N3O10S2Si2. The second-order valence-corrected chi connectivity index (χ2v) is 35.1. The van der Waals surface area contributed by atoms with Crippen LogP contribution < -0.4 is 15.2 Å². The van der Waals surface area contributed by atoms with Crippen molar-refractivity contribution in [3.05, 3.63) is 111 Å². The number of hydrogen-bond donors (Lipinski definition) is 0. The van der Waals surface area contributed by atoms with Crippen molar-refractivity contribution in [3.8, 4) is 11.5 Å². The van der Waals surface area contributed by atoms with Crippen molar-refractivity contribution in [1.29, 1.82) is 0 Å². The number of carbonyl (C=O) groups is 1. The predicted molar refractivity (Wildman–Crippen MR) is 274 cm³/mol. The topological polar surface area (TPSA) is 152 Å². The average Bonchev–Trinajstić information content (AvgIpc) is 3.70. The number of fused-ring (bicyclic) bond motifs is 3. The van der Waals surface area contributed by atoms with Crippen molar-refractivity contribution in [3.63, 3.8) is 0 Å². The number of carbonyl (C=O) groups excluding carboxylic acids is 1. The van der Waals surface area contributed by atoms with Crippen LogP contribution in [0.25, 0.3) is 6.20 Å². The van der Waals surface area contributed by atoms with Gasteiger partial charge in [0.15, 0.2) is 28.1 Å². The normalized spacial score (nSPS) is 19.4. The Balaban J connectivity index is 1.68. The van der Waals surface area contributed by atoms with Gasteiger partial charge in [0.25, 0.3) is 10.0 Å². The summed E-state index contributed by atoms with van der Waals surface area (Å²) in [6.07, 6.45) is 1.43. The number of aryl methyl sites for hydroxylation is 2. The van der Waals surface area contributed by atoms with Crippen LogP contribution in [-0.2, 0) is 46.5 Å². The van der Waals surface area contributed by atoms with Crippen LogP contribution in [0.15, 0.2) is 86.7 Å². The highest BCUT2D eigenvalue weighted by Crippen LogP contribution is 2.52. The van der Waals surface area contributed by atoms with E-state index in [9.17, 15) is 8.42 Å². The number of sulfone groups is 1. The van der Waals surface area contributed by atoms with Crippen LogP contribution in [0.1, 0.15) is 96.3 Å². The minimum absolute atomic E-state index is 0.0398. The summed E-state index contributed by atoms with van der Waals surface area (Å²) in [5, 5.41) is 0.827. The zero-order valence-electron chi connectivity index (χ0n) is 42.6. The largest absolute Gasteiger partial charge is 0.493 e. The Kier molecular flexibility index (Phi) is 15.5. The summed E-state index contributed by atoms with van der Waals surface area (Å²) in [4.78, 5) is 31.0. The zero-order chi connectivity index (χ0) is 50.5. The first-order valence-corrected chi connectivity index (χ1v) is 31.7. The van der Waals surface area contributed by atoms with Gasteiger partial charge >= 0.3 is 5.69 Å². The van der Waals surface area contributed by atoms with Crippen molar-refractivity contribution in [2.45, 2.75) is 146 Å². The van der Waals surface area contributed by atoms with Crippen LogP contribution in [-0.4, -0.2) is 86.3 Å². The van der Waals surface area contributed by atoms with E-state index in [4.69, 9.17) is 18.3 Å². The number of hydrogen-bond acceptors (Lipinski definition) is 10. The molecule has 1 fully saturated rings. The number of sulfonamides is 1. The smallest absolute Gasteiger partial charge is 0.333 e. The third-order valence-corrected chi connectivity index (χ3v) is 28.8. The van der Waals surface area contributed by atoms with Gasteiger partial charge in [0, 0.05) is 24.4 Å². The van der Waals surface area contributed by atoms with E-state index in [1.807, 2.05) is 19.9 Å². The summed E-state index contributed by atoms with van der Waals surface area (Å²) in [5.74, 6) is -2.16. The molecule has 0 saturated carbocycles. The maximum atomic E-state index is 15.7. The van der Waals surface area contributed by atoms with Gasteiger partial charge in [0.1, 0.15) is 0 Å². The highest BCUT2D eigenvalue weighted by Gasteiger charge is 2.61. The van der Waals surface area contributed by atoms with Crippen molar-refractivity contribution < 1.29 is 40.0 Å². The maximum absolute atomic E-state index is 15.7. The van der Waals surface area contributed by atoms with Gasteiger partial charge in [-0.25, -0.2) is 25.9 Å². The summed E-state index contributed by atoms with van der Waals surface area (Å²) in [6, 6.07) is 17.2. The lowest BCUT2D eigenvalue weighted by Crippen LogP contribution is -2.51. The molecule has 2 unspecified atom stereocenters. The summed E-state index contributed by atoms with van der Waals surface area (Å²) >= 11 is 0. The molecule has 1 aliphatic heterocycles. The van der Waals surface area contributed by atoms with Gasteiger partial charge in [-0.2, -0.15) is 0 Å². The molecule has 13 nitrogen and oxygen atoms in total. The Bertz CT molecular complexity index is 2770. The van der Waals surface area contributed by atoms with E-state index in [0.29, 0.717) is 28.5 Å². The molecule has 1 aromatic heterocycles. The third kappa shape index (κ3) is 9.89. The molecule has 1 saturated heterocycles. The molecule has 4 atom stereocenters. The molecule has 2 heterocycles. The molecule has 0 spiro atoms. The van der Waals surface area contributed by atoms with E-state index in [1.54, 1.807) is 48.1 Å². The lowest BCUT2D eigenvalue weighted by atomic mass is 9.72. The Morgan fingerprint density at radius 3 is 1.79 bits per heavy atom. The zero-order valence-corrected chi connectivity index (χ0v) is 46.2. The summed E-state index contributed by atoms with van der Waals surface area (Å²) in [6.45, 7) is 27.3. The molecule has 0 radical (unpaired) electrons. The monoisotopic (exact) mass is 1010 g/mol. The fourth-order valence-electron chi connectivity index (χ4n) is 10.4. The molecule has 372 valence electrons. The van der Waals surface area contributed by atoms with Gasteiger partial charge in [0.05, 0.1) is 60.2 Å². The number of ether oxygens (including phenoxy) is 2. The lowest BCUT2D eigenvalue weighted by molar-refractivity contribution is -0.129. The summed E-state index contributed by atoms with van der Waals surface area (Å²) < 4.78 is 88.1. The first-order valence-electron chi connectivity index (χ1n) is 23.6. The van der Waals surface area contributed by atoms with Crippen molar-refractivity contribution >= 4 is 48.6 Å². The van der Waals surface area contributed by atoms with Crippen molar-refractivity contribution in [2.24, 2.45) is 11.8 Å². The molecule has 0 N–H and O–H groups in total. The number of amides is 1. The van der Waals surface area contributed by atoms with Crippen LogP contribution in [0.2, 0.25) is 34.8 Å². The number of aromatic nitrogens is 2. The highest BCUT2D eigenvalue weighted by molar-refractivity contribution is 7.94. The molecule has 4 aromatic rings. The maximum Gasteiger partial charge on any atom is 0.333 e. The van der Waals surface area contributed by atoms with E-state index in [0.717, 1.165) is 20.8 Å². The third-order valence-electron chi connectivity index (χ3n) is 15.0. The first kappa shape index (κ1) is 53.1. The average molecular weight is 1010 g/mol. The lowest BCUT2D eigenvalue weighted by Gasteiger charge is -2.44. The van der Waals surface area contributed by atoms with Gasteiger partial charge in [-0.05, 0) is 103 Å². The Labute approximate surface area is 407 Å². The van der Waals surface area contributed by atoms with Gasteiger partial charge in [0.2, 0.25) is 15.7 Å². The molecular weight excluding hydrogens is 935 g/mol. The van der Waals surface area contributed by atoms with Crippen molar-refractivity contribution in [1.82, 2.24) is 13.4 Å². The van der Waals surface area contributed by atoms with Gasteiger partial charge in [-0.15, -0.1) is 0 Å². The van der Waals surface area contributed by atoms with E-state index in [2.05, 4.69) is 75.4 Å². The van der Waals surface area contributed by atoms with Gasteiger partial charge < -0.3 is 18.3 Å². The number of methoxy groups -OCH3 is 2. The van der Waals surface area contributed by atoms with E-state index in [-0.39, 0.29) is 57.6 Å². The summed E-state index contributed by atoms with van der Waals surface area (Å²) in [5.41, 5.74) is 3.19. The Hall–Kier alpha value is -4.27. The van der Waals surface area contributed by atoms with Gasteiger partial charge in [-0.1, -0.05) is 104 Å². The number of imidazole rings is 1. The predicted octanol–water partition coefficient (Wildman–Crippen LogP) is 9.92. The number of rotatable bonds is 18. The van der Waals surface area contributed by atoms with Gasteiger partial charge in [-0.3, -0.25) is 13.9 Å². The molecule has 68 heavy (non-hydrogen) atoms. The standard InChI is InChI=1S/C51H73N3O10S2Si2/c1-33(2)68(34(3)4,35(5)6)64-32-43-47-46(49(55)54(43)66(59,60)41-23-18-37(8)19-24-41)39(31-63-67(14,15)51(9,10)11)29-42-48(47)52(26-27-65(57,58)40-21-16-36(7)17-22-40)50(56)53(42)30-38-20-25-44(61-12)45(28-38)62-13/h16-28,33-35,39,43,46-47H,29-32H2,1-15H3/b27-26-/t39-,43+,46?,47?/m0/s1. The number of benzene rings is 3. The molecule has 0 bridgehead atoms. The molecule has 6 rings (SSSR count).